The van der Waals surface area contributed by atoms with Crippen LogP contribution >= 0.6 is 0 Å². The Bertz CT molecular complexity index is 294. The molecule has 1 saturated heterocycles. The highest BCUT2D eigenvalue weighted by Crippen LogP contribution is 2.15. The van der Waals surface area contributed by atoms with E-state index < -0.39 is 10.0 Å². The molecule has 0 aliphatic carbocycles. The van der Waals surface area contributed by atoms with Crippen LogP contribution in [0.5, 0.6) is 0 Å². The maximum atomic E-state index is 12.2. The largest absolute Gasteiger partial charge is 0.395 e. The Morgan fingerprint density at radius 1 is 1.41 bits per heavy atom. The van der Waals surface area contributed by atoms with Crippen LogP contribution in [0.2, 0.25) is 0 Å². The predicted octanol–water partition coefficient (Wildman–Crippen LogP) is 0.0201. The summed E-state index contributed by atoms with van der Waals surface area (Å²) in [7, 11) is -3.21. The lowest BCUT2D eigenvalue weighted by molar-refractivity contribution is 0.252. The molecule has 0 spiro atoms. The number of aliphatic hydroxyl groups is 1. The van der Waals surface area contributed by atoms with E-state index in [1.165, 1.54) is 4.31 Å². The van der Waals surface area contributed by atoms with Crippen LogP contribution in [0.4, 0.5) is 0 Å². The highest BCUT2D eigenvalue weighted by molar-refractivity contribution is 7.89. The second-order valence-electron chi connectivity index (χ2n) is 4.61. The molecule has 1 aliphatic heterocycles. The molecule has 1 rings (SSSR count). The van der Waals surface area contributed by atoms with Crippen LogP contribution in [-0.4, -0.2) is 56.4 Å². The Balaban J connectivity index is 2.56. The first-order valence-electron chi connectivity index (χ1n) is 6.39. The minimum Gasteiger partial charge on any atom is -0.395 e. The minimum atomic E-state index is -3.21. The second kappa shape index (κ2) is 7.31. The fourth-order valence-electron chi connectivity index (χ4n) is 2.22. The lowest BCUT2D eigenvalue weighted by Crippen LogP contribution is -2.41. The number of rotatable bonds is 7. The Morgan fingerprint density at radius 3 is 2.71 bits per heavy atom. The summed E-state index contributed by atoms with van der Waals surface area (Å²) in [5.74, 6) is 0.423. The molecule has 1 heterocycles. The molecule has 2 N–H and O–H groups in total. The van der Waals surface area contributed by atoms with E-state index >= 15 is 0 Å². The van der Waals surface area contributed by atoms with E-state index in [1.807, 2.05) is 6.92 Å². The van der Waals surface area contributed by atoms with Crippen molar-refractivity contribution in [2.75, 3.05) is 38.5 Å². The summed E-state index contributed by atoms with van der Waals surface area (Å²) in [6, 6.07) is 0. The first-order valence-corrected chi connectivity index (χ1v) is 8.00. The van der Waals surface area contributed by atoms with Crippen LogP contribution in [0.15, 0.2) is 0 Å². The molecule has 1 atom stereocenters. The average molecular weight is 264 g/mol. The van der Waals surface area contributed by atoms with Gasteiger partial charge in [-0.15, -0.1) is 0 Å². The smallest absolute Gasteiger partial charge is 0.214 e. The molecule has 1 fully saturated rings. The van der Waals surface area contributed by atoms with Crippen molar-refractivity contribution in [3.63, 3.8) is 0 Å². The topological polar surface area (TPSA) is 69.6 Å². The molecule has 0 saturated carbocycles. The number of nitrogens with one attached hydrogen (secondary N) is 1. The minimum absolute atomic E-state index is 0.109. The maximum Gasteiger partial charge on any atom is 0.214 e. The van der Waals surface area contributed by atoms with Gasteiger partial charge in [0, 0.05) is 13.1 Å². The van der Waals surface area contributed by atoms with Gasteiger partial charge in [-0.3, -0.25) is 0 Å². The molecule has 17 heavy (non-hydrogen) atoms. The number of piperidine rings is 1. The summed E-state index contributed by atoms with van der Waals surface area (Å²) in [5, 5.41) is 12.1. The van der Waals surface area contributed by atoms with E-state index in [2.05, 4.69) is 5.32 Å². The number of hydrogen-bond acceptors (Lipinski definition) is 4. The van der Waals surface area contributed by atoms with Gasteiger partial charge >= 0.3 is 0 Å². The summed E-state index contributed by atoms with van der Waals surface area (Å²) in [4.78, 5) is 0. The Kier molecular flexibility index (Phi) is 6.40. The van der Waals surface area contributed by atoms with Gasteiger partial charge in [0.25, 0.3) is 0 Å². The normalized spacial score (nSPS) is 21.9. The standard InChI is InChI=1S/C11H24N2O3S/c1-2-6-13(7-8-14)17(15,16)10-11-4-3-5-12-9-11/h11-12,14H,2-10H2,1H3. The Labute approximate surface area is 104 Å². The van der Waals surface area contributed by atoms with E-state index in [-0.39, 0.29) is 24.8 Å². The van der Waals surface area contributed by atoms with Crippen molar-refractivity contribution in [1.82, 2.24) is 9.62 Å². The van der Waals surface area contributed by atoms with Gasteiger partial charge in [0.05, 0.1) is 12.4 Å². The van der Waals surface area contributed by atoms with Gasteiger partial charge < -0.3 is 10.4 Å². The third kappa shape index (κ3) is 4.91. The van der Waals surface area contributed by atoms with Gasteiger partial charge in [0.15, 0.2) is 0 Å². The molecule has 0 amide bonds. The van der Waals surface area contributed by atoms with Crippen molar-refractivity contribution in [2.45, 2.75) is 26.2 Å². The molecule has 1 unspecified atom stereocenters. The molecule has 0 aromatic heterocycles. The zero-order chi connectivity index (χ0) is 12.7. The third-order valence-corrected chi connectivity index (χ3v) is 5.11. The Hall–Kier alpha value is -0.170. The zero-order valence-electron chi connectivity index (χ0n) is 10.6. The lowest BCUT2D eigenvalue weighted by Gasteiger charge is -2.26. The average Bonchev–Trinajstić information content (AvgIpc) is 2.29. The van der Waals surface area contributed by atoms with Gasteiger partial charge in [-0.2, -0.15) is 4.31 Å². The lowest BCUT2D eigenvalue weighted by atomic mass is 10.0. The molecular formula is C11H24N2O3S. The van der Waals surface area contributed by atoms with E-state index in [1.54, 1.807) is 0 Å². The molecule has 0 bridgehead atoms. The summed E-state index contributed by atoms with van der Waals surface area (Å²) < 4.78 is 25.7. The van der Waals surface area contributed by atoms with Crippen LogP contribution < -0.4 is 5.32 Å². The second-order valence-corrected chi connectivity index (χ2v) is 6.63. The molecule has 0 radical (unpaired) electrons. The monoisotopic (exact) mass is 264 g/mol. The third-order valence-electron chi connectivity index (χ3n) is 3.06. The van der Waals surface area contributed by atoms with Gasteiger partial charge in [0.1, 0.15) is 0 Å². The van der Waals surface area contributed by atoms with Crippen LogP contribution in [-0.2, 0) is 10.0 Å². The number of nitrogens with zero attached hydrogens (tertiary/aromatic N) is 1. The SMILES string of the molecule is CCCN(CCO)S(=O)(=O)CC1CCCNC1. The fraction of sp³-hybridized carbons (Fsp3) is 1.00. The fourth-order valence-corrected chi connectivity index (χ4v) is 4.13. The van der Waals surface area contributed by atoms with Gasteiger partial charge in [-0.1, -0.05) is 6.92 Å². The number of hydrogen-bond donors (Lipinski definition) is 2. The maximum absolute atomic E-state index is 12.2. The van der Waals surface area contributed by atoms with Crippen molar-refractivity contribution >= 4 is 10.0 Å². The summed E-state index contributed by atoms with van der Waals surface area (Å²) in [5.41, 5.74) is 0. The van der Waals surface area contributed by atoms with E-state index in [0.717, 1.165) is 32.4 Å². The van der Waals surface area contributed by atoms with Crippen molar-refractivity contribution in [3.05, 3.63) is 0 Å². The molecule has 6 heteroatoms. The molecule has 102 valence electrons. The highest BCUT2D eigenvalue weighted by Gasteiger charge is 2.26. The molecular weight excluding hydrogens is 240 g/mol. The van der Waals surface area contributed by atoms with E-state index in [4.69, 9.17) is 5.11 Å². The molecule has 0 aromatic rings. The summed E-state index contributed by atoms with van der Waals surface area (Å²) in [6.07, 6.45) is 2.81. The zero-order valence-corrected chi connectivity index (χ0v) is 11.4. The van der Waals surface area contributed by atoms with E-state index in [9.17, 15) is 8.42 Å². The Morgan fingerprint density at radius 2 is 2.18 bits per heavy atom. The van der Waals surface area contributed by atoms with Gasteiger partial charge in [-0.05, 0) is 38.3 Å². The quantitative estimate of drug-likeness (QED) is 0.680. The van der Waals surface area contributed by atoms with Crippen LogP contribution in [0.3, 0.4) is 0 Å². The summed E-state index contributed by atoms with van der Waals surface area (Å²) >= 11 is 0. The number of aliphatic hydroxyl groups excluding tert-OH is 1. The van der Waals surface area contributed by atoms with Gasteiger partial charge in [0.2, 0.25) is 10.0 Å². The number of sulfonamides is 1. The van der Waals surface area contributed by atoms with Crippen LogP contribution in [0.1, 0.15) is 26.2 Å². The van der Waals surface area contributed by atoms with Crippen molar-refractivity contribution in [3.8, 4) is 0 Å². The molecule has 5 nitrogen and oxygen atoms in total. The predicted molar refractivity (Wildman–Crippen MR) is 68.3 cm³/mol. The summed E-state index contributed by atoms with van der Waals surface area (Å²) in [6.45, 7) is 4.34. The molecule has 0 aromatic carbocycles. The first-order chi connectivity index (χ1) is 8.10. The van der Waals surface area contributed by atoms with E-state index in [0.29, 0.717) is 6.54 Å². The van der Waals surface area contributed by atoms with Gasteiger partial charge in [-0.25, -0.2) is 8.42 Å². The van der Waals surface area contributed by atoms with Crippen molar-refractivity contribution in [1.29, 1.82) is 0 Å². The molecule has 1 aliphatic rings. The van der Waals surface area contributed by atoms with Crippen LogP contribution in [0, 0.1) is 5.92 Å². The highest BCUT2D eigenvalue weighted by atomic mass is 32.2. The van der Waals surface area contributed by atoms with Crippen molar-refractivity contribution < 1.29 is 13.5 Å². The van der Waals surface area contributed by atoms with Crippen LogP contribution in [0.25, 0.3) is 0 Å². The van der Waals surface area contributed by atoms with Crippen molar-refractivity contribution in [2.24, 2.45) is 5.92 Å². The first kappa shape index (κ1) is 14.9.